The van der Waals surface area contributed by atoms with Crippen molar-refractivity contribution in [1.29, 1.82) is 0 Å². The van der Waals surface area contributed by atoms with Crippen molar-refractivity contribution in [2.24, 2.45) is 5.73 Å². The number of aromatic nitrogens is 2. The molecule has 1 heterocycles. The summed E-state index contributed by atoms with van der Waals surface area (Å²) in [7, 11) is 0. The molecule has 4 N–H and O–H groups in total. The van der Waals surface area contributed by atoms with Gasteiger partial charge in [0.25, 0.3) is 0 Å². The molecule has 0 spiro atoms. The number of hydrogen-bond donors (Lipinski definition) is 3. The minimum absolute atomic E-state index is 0.211. The van der Waals surface area contributed by atoms with Crippen molar-refractivity contribution in [1.82, 2.24) is 10.2 Å². The summed E-state index contributed by atoms with van der Waals surface area (Å²) in [6.07, 6.45) is 0.915. The van der Waals surface area contributed by atoms with Crippen LogP contribution in [-0.2, 0) is 4.79 Å². The predicted octanol–water partition coefficient (Wildman–Crippen LogP) is -0.598. The van der Waals surface area contributed by atoms with Gasteiger partial charge in [-0.05, 0) is 0 Å². The molecule has 0 saturated heterocycles. The van der Waals surface area contributed by atoms with Gasteiger partial charge in [0.2, 0.25) is 0 Å². The van der Waals surface area contributed by atoms with Gasteiger partial charge in [-0.3, -0.25) is 20.0 Å². The summed E-state index contributed by atoms with van der Waals surface area (Å²) in [5, 5.41) is 24.3. The van der Waals surface area contributed by atoms with Crippen LogP contribution < -0.4 is 5.73 Å². The number of nitrogens with one attached hydrogen (secondary N) is 1. The normalized spacial score (nSPS) is 12.4. The number of carboxylic acid groups (broad SMARTS) is 1. The molecule has 1 unspecified atom stereocenters. The van der Waals surface area contributed by atoms with Crippen LogP contribution in [0.15, 0.2) is 6.20 Å². The summed E-state index contributed by atoms with van der Waals surface area (Å²) in [6.45, 7) is 0. The molecule has 0 aliphatic rings. The molecule has 1 aromatic heterocycles. The average Bonchev–Trinajstić information content (AvgIpc) is 2.50. The van der Waals surface area contributed by atoms with Crippen molar-refractivity contribution in [3.05, 3.63) is 22.0 Å². The second-order valence-corrected chi connectivity index (χ2v) is 2.24. The Morgan fingerprint density at radius 1 is 1.85 bits per heavy atom. The van der Waals surface area contributed by atoms with E-state index in [2.05, 4.69) is 10.2 Å². The summed E-state index contributed by atoms with van der Waals surface area (Å²) in [5.74, 6) is -1.35. The summed E-state index contributed by atoms with van der Waals surface area (Å²) in [5.41, 5.74) is 4.51. The molecule has 0 bridgehead atoms. The fourth-order valence-corrected chi connectivity index (χ4v) is 0.788. The van der Waals surface area contributed by atoms with Crippen LogP contribution in [0.1, 0.15) is 11.7 Å². The maximum absolute atomic E-state index is 10.4. The Bertz CT molecular complexity index is 346. The van der Waals surface area contributed by atoms with Crippen molar-refractivity contribution in [2.75, 3.05) is 0 Å². The molecule has 0 aromatic carbocycles. The number of nitrogens with zero attached hydrogens (tertiary/aromatic N) is 2. The third kappa shape index (κ3) is 1.62. The highest BCUT2D eigenvalue weighted by atomic mass is 16.6. The molecular weight excluding hydrogens is 180 g/mol. The van der Waals surface area contributed by atoms with Crippen LogP contribution in [-0.4, -0.2) is 26.2 Å². The number of aromatic amines is 1. The highest BCUT2D eigenvalue weighted by Gasteiger charge is 2.26. The van der Waals surface area contributed by atoms with E-state index < -0.39 is 22.6 Å². The number of aliphatic carboxylic acids is 1. The molecule has 8 nitrogen and oxygen atoms in total. The zero-order valence-electron chi connectivity index (χ0n) is 6.30. The number of rotatable bonds is 3. The monoisotopic (exact) mass is 186 g/mol. The van der Waals surface area contributed by atoms with E-state index in [1.54, 1.807) is 0 Å². The molecule has 0 amide bonds. The molecule has 0 fully saturated rings. The zero-order chi connectivity index (χ0) is 10.0. The lowest BCUT2D eigenvalue weighted by Gasteiger charge is -2.01. The Morgan fingerprint density at radius 3 is 2.92 bits per heavy atom. The second kappa shape index (κ2) is 3.19. The number of nitro groups is 1. The van der Waals surface area contributed by atoms with Crippen molar-refractivity contribution in [2.45, 2.75) is 6.04 Å². The van der Waals surface area contributed by atoms with Gasteiger partial charge < -0.3 is 10.8 Å². The SMILES string of the molecule is NC(C(=O)O)c1[nH]ncc1[N+](=O)[O-]. The molecule has 0 saturated carbocycles. The molecule has 0 aliphatic carbocycles. The Morgan fingerprint density at radius 2 is 2.46 bits per heavy atom. The number of carbonyl (C=O) groups is 1. The van der Waals surface area contributed by atoms with Gasteiger partial charge in [-0.1, -0.05) is 0 Å². The highest BCUT2D eigenvalue weighted by Crippen LogP contribution is 2.20. The molecular formula is C5H6N4O4. The second-order valence-electron chi connectivity index (χ2n) is 2.24. The predicted molar refractivity (Wildman–Crippen MR) is 39.8 cm³/mol. The van der Waals surface area contributed by atoms with Crippen LogP contribution in [0.2, 0.25) is 0 Å². The van der Waals surface area contributed by atoms with E-state index in [0.717, 1.165) is 6.20 Å². The van der Waals surface area contributed by atoms with E-state index >= 15 is 0 Å². The van der Waals surface area contributed by atoms with Crippen LogP contribution >= 0.6 is 0 Å². The maximum Gasteiger partial charge on any atom is 0.327 e. The molecule has 8 heteroatoms. The van der Waals surface area contributed by atoms with Crippen LogP contribution in [0.3, 0.4) is 0 Å². The average molecular weight is 186 g/mol. The molecule has 1 atom stereocenters. The summed E-state index contributed by atoms with van der Waals surface area (Å²) >= 11 is 0. The van der Waals surface area contributed by atoms with Gasteiger partial charge in [-0.2, -0.15) is 5.10 Å². The molecule has 1 rings (SSSR count). The van der Waals surface area contributed by atoms with Gasteiger partial charge in [-0.15, -0.1) is 0 Å². The maximum atomic E-state index is 10.4. The fraction of sp³-hybridized carbons (Fsp3) is 0.200. The van der Waals surface area contributed by atoms with E-state index in [1.165, 1.54) is 0 Å². The smallest absolute Gasteiger partial charge is 0.327 e. The van der Waals surface area contributed by atoms with Gasteiger partial charge in [0.15, 0.2) is 6.04 Å². The minimum Gasteiger partial charge on any atom is -0.480 e. The third-order valence-corrected chi connectivity index (χ3v) is 1.42. The third-order valence-electron chi connectivity index (χ3n) is 1.42. The topological polar surface area (TPSA) is 135 Å². The first-order chi connectivity index (χ1) is 6.04. The number of carboxylic acids is 1. The Kier molecular flexibility index (Phi) is 2.24. The quantitative estimate of drug-likeness (QED) is 0.426. The van der Waals surface area contributed by atoms with E-state index in [9.17, 15) is 14.9 Å². The molecule has 13 heavy (non-hydrogen) atoms. The van der Waals surface area contributed by atoms with Gasteiger partial charge in [-0.25, -0.2) is 0 Å². The summed E-state index contributed by atoms with van der Waals surface area (Å²) in [6, 6.07) is -1.46. The van der Waals surface area contributed by atoms with Crippen molar-refractivity contribution < 1.29 is 14.8 Å². The van der Waals surface area contributed by atoms with E-state index in [0.29, 0.717) is 0 Å². The summed E-state index contributed by atoms with van der Waals surface area (Å²) < 4.78 is 0. The highest BCUT2D eigenvalue weighted by molar-refractivity contribution is 5.75. The largest absolute Gasteiger partial charge is 0.480 e. The van der Waals surface area contributed by atoms with Gasteiger partial charge >= 0.3 is 11.7 Å². The van der Waals surface area contributed by atoms with E-state index in [-0.39, 0.29) is 5.69 Å². The lowest BCUT2D eigenvalue weighted by Crippen LogP contribution is -2.21. The molecule has 1 aromatic rings. The van der Waals surface area contributed by atoms with E-state index in [4.69, 9.17) is 10.8 Å². The number of H-pyrrole nitrogens is 1. The first-order valence-corrected chi connectivity index (χ1v) is 3.20. The summed E-state index contributed by atoms with van der Waals surface area (Å²) in [4.78, 5) is 19.9. The first-order valence-electron chi connectivity index (χ1n) is 3.20. The Labute approximate surface area is 71.5 Å². The standard InChI is InChI=1S/C5H6N4O4/c6-3(5(10)11)4-2(9(12)13)1-7-8-4/h1,3H,6H2,(H,7,8)(H,10,11). The first kappa shape index (κ1) is 9.13. The van der Waals surface area contributed by atoms with Crippen LogP contribution in [0.25, 0.3) is 0 Å². The number of hydrogen-bond acceptors (Lipinski definition) is 5. The Balaban J connectivity index is 3.07. The van der Waals surface area contributed by atoms with Crippen LogP contribution in [0, 0.1) is 10.1 Å². The molecule has 0 radical (unpaired) electrons. The zero-order valence-corrected chi connectivity index (χ0v) is 6.30. The van der Waals surface area contributed by atoms with Crippen LogP contribution in [0.5, 0.6) is 0 Å². The lowest BCUT2D eigenvalue weighted by molar-refractivity contribution is -0.385. The van der Waals surface area contributed by atoms with E-state index in [1.807, 2.05) is 0 Å². The Hall–Kier alpha value is -1.96. The number of nitrogens with two attached hydrogens (primary N) is 1. The van der Waals surface area contributed by atoms with Crippen molar-refractivity contribution in [3.63, 3.8) is 0 Å². The molecule has 0 aliphatic heterocycles. The van der Waals surface area contributed by atoms with Crippen LogP contribution in [0.4, 0.5) is 5.69 Å². The van der Waals surface area contributed by atoms with Crippen molar-refractivity contribution in [3.8, 4) is 0 Å². The van der Waals surface area contributed by atoms with Gasteiger partial charge in [0.05, 0.1) is 4.92 Å². The lowest BCUT2D eigenvalue weighted by atomic mass is 10.2. The van der Waals surface area contributed by atoms with Gasteiger partial charge in [0, 0.05) is 0 Å². The minimum atomic E-state index is -1.46. The fourth-order valence-electron chi connectivity index (χ4n) is 0.788. The van der Waals surface area contributed by atoms with Crippen molar-refractivity contribution >= 4 is 11.7 Å². The van der Waals surface area contributed by atoms with Gasteiger partial charge in [0.1, 0.15) is 11.9 Å². The molecule has 70 valence electrons.